The Labute approximate surface area is 193 Å². The molecule has 1 aromatic heterocycles. The Hall–Kier alpha value is -4.09. The highest BCUT2D eigenvalue weighted by molar-refractivity contribution is 5.81. The van der Waals surface area contributed by atoms with E-state index in [2.05, 4.69) is 20.3 Å². The fraction of sp³-hybridized carbons (Fsp3) is 0.429. The molecule has 2 heterocycles. The summed E-state index contributed by atoms with van der Waals surface area (Å²) in [7, 11) is 1.21. The maximum absolute atomic E-state index is 12.4. The molecule has 34 heavy (non-hydrogen) atoms. The van der Waals surface area contributed by atoms with Crippen LogP contribution in [-0.4, -0.2) is 53.5 Å². The average molecular weight is 472 g/mol. The van der Waals surface area contributed by atoms with Crippen LogP contribution in [0, 0.1) is 6.92 Å². The van der Waals surface area contributed by atoms with E-state index >= 15 is 0 Å². The highest BCUT2D eigenvalue weighted by atomic mass is 16.6. The van der Waals surface area contributed by atoms with Crippen molar-refractivity contribution < 1.29 is 23.8 Å². The number of aromatic nitrogens is 2. The van der Waals surface area contributed by atoms with E-state index in [0.717, 1.165) is 5.56 Å². The monoisotopic (exact) mass is 472 g/mol. The lowest BCUT2D eigenvalue weighted by Gasteiger charge is -2.19. The first kappa shape index (κ1) is 24.6. The normalized spacial score (nSPS) is 20.1. The van der Waals surface area contributed by atoms with Gasteiger partial charge in [0.25, 0.3) is 5.56 Å². The van der Waals surface area contributed by atoms with E-state index in [9.17, 15) is 19.2 Å². The van der Waals surface area contributed by atoms with Gasteiger partial charge in [-0.1, -0.05) is 35.4 Å². The highest BCUT2D eigenvalue weighted by Crippen LogP contribution is 2.30. The van der Waals surface area contributed by atoms with Crippen LogP contribution in [0.2, 0.25) is 0 Å². The third-order valence-corrected chi connectivity index (χ3v) is 5.30. The molecule has 1 aliphatic rings. The first-order valence-electron chi connectivity index (χ1n) is 10.4. The molecule has 1 saturated heterocycles. The molecule has 2 aromatic rings. The number of azide groups is 1. The maximum atomic E-state index is 12.4. The molecule has 1 unspecified atom stereocenters. The first-order chi connectivity index (χ1) is 16.3. The number of methoxy groups -OCH3 is 1. The molecule has 3 rings (SSSR count). The van der Waals surface area contributed by atoms with Crippen LogP contribution >= 0.6 is 0 Å². The van der Waals surface area contributed by atoms with E-state index in [1.54, 1.807) is 24.3 Å². The number of hydrogen-bond acceptors (Lipinski definition) is 8. The van der Waals surface area contributed by atoms with Crippen LogP contribution in [0.3, 0.4) is 0 Å². The van der Waals surface area contributed by atoms with Gasteiger partial charge in [0.05, 0.1) is 13.2 Å². The van der Waals surface area contributed by atoms with Crippen molar-refractivity contribution in [1.82, 2.24) is 14.9 Å². The van der Waals surface area contributed by atoms with Gasteiger partial charge in [-0.2, -0.15) is 0 Å². The molecule has 0 saturated carbocycles. The van der Waals surface area contributed by atoms with Crippen LogP contribution in [0.1, 0.15) is 23.8 Å². The van der Waals surface area contributed by atoms with Gasteiger partial charge in [-0.25, -0.2) is 14.4 Å². The van der Waals surface area contributed by atoms with Gasteiger partial charge >= 0.3 is 17.8 Å². The second-order valence-electron chi connectivity index (χ2n) is 7.62. The minimum absolute atomic E-state index is 0.129. The summed E-state index contributed by atoms with van der Waals surface area (Å²) in [5, 5.41) is 6.13. The fourth-order valence-corrected chi connectivity index (χ4v) is 3.55. The number of rotatable bonds is 8. The second kappa shape index (κ2) is 11.2. The average Bonchev–Trinajstić information content (AvgIpc) is 3.22. The maximum Gasteiger partial charge on any atom is 0.407 e. The predicted octanol–water partition coefficient (Wildman–Crippen LogP) is 1.32. The van der Waals surface area contributed by atoms with E-state index < -0.39 is 47.7 Å². The van der Waals surface area contributed by atoms with Gasteiger partial charge in [0, 0.05) is 29.5 Å². The smallest absolute Gasteiger partial charge is 0.407 e. The van der Waals surface area contributed by atoms with Crippen LogP contribution in [0.4, 0.5) is 4.79 Å². The number of hydrogen-bond donors (Lipinski definition) is 2. The summed E-state index contributed by atoms with van der Waals surface area (Å²) < 4.78 is 16.9. The van der Waals surface area contributed by atoms with Crippen molar-refractivity contribution in [3.63, 3.8) is 0 Å². The number of esters is 1. The third-order valence-electron chi connectivity index (χ3n) is 5.30. The Morgan fingerprint density at radius 1 is 1.35 bits per heavy atom. The van der Waals surface area contributed by atoms with E-state index in [1.165, 1.54) is 24.8 Å². The number of carbonyl (C=O) groups excluding carboxylic acids is 2. The van der Waals surface area contributed by atoms with Gasteiger partial charge in [-0.3, -0.25) is 14.3 Å². The third kappa shape index (κ3) is 6.03. The zero-order valence-electron chi connectivity index (χ0n) is 18.5. The number of carbonyl (C=O) groups is 2. The van der Waals surface area contributed by atoms with Crippen molar-refractivity contribution in [3.8, 4) is 0 Å². The number of amides is 1. The number of H-pyrrole nitrogens is 1. The molecular formula is C21H24N6O7. The Balaban J connectivity index is 1.65. The molecule has 0 radical (unpaired) electrons. The summed E-state index contributed by atoms with van der Waals surface area (Å²) in [6.45, 7) is 1.23. The van der Waals surface area contributed by atoms with Crippen molar-refractivity contribution in [2.45, 2.75) is 44.2 Å². The van der Waals surface area contributed by atoms with Gasteiger partial charge in [0.15, 0.2) is 0 Å². The largest absolute Gasteiger partial charge is 0.467 e. The number of alkyl carbamates (subject to hydrolysis) is 1. The van der Waals surface area contributed by atoms with Gasteiger partial charge in [0.2, 0.25) is 0 Å². The van der Waals surface area contributed by atoms with E-state index in [-0.39, 0.29) is 19.4 Å². The molecule has 1 aliphatic heterocycles. The molecule has 4 atom stereocenters. The minimum Gasteiger partial charge on any atom is -0.467 e. The molecular weight excluding hydrogens is 448 g/mol. The van der Waals surface area contributed by atoms with E-state index in [1.807, 2.05) is 6.07 Å². The summed E-state index contributed by atoms with van der Waals surface area (Å²) in [5.74, 6) is -0.641. The zero-order chi connectivity index (χ0) is 24.7. The van der Waals surface area contributed by atoms with Crippen molar-refractivity contribution in [2.75, 3.05) is 13.7 Å². The summed E-state index contributed by atoms with van der Waals surface area (Å²) in [6.07, 6.45) is -0.910. The molecule has 0 aliphatic carbocycles. The molecule has 1 fully saturated rings. The Bertz CT molecular complexity index is 1190. The van der Waals surface area contributed by atoms with Crippen molar-refractivity contribution >= 4 is 12.1 Å². The van der Waals surface area contributed by atoms with Gasteiger partial charge < -0.3 is 19.5 Å². The lowest BCUT2D eigenvalue weighted by Crippen LogP contribution is -2.44. The van der Waals surface area contributed by atoms with Crippen LogP contribution in [0.5, 0.6) is 0 Å². The summed E-state index contributed by atoms with van der Waals surface area (Å²) >= 11 is 0. The molecule has 1 amide bonds. The number of ether oxygens (including phenoxy) is 3. The molecule has 13 nitrogen and oxygen atoms in total. The van der Waals surface area contributed by atoms with Crippen LogP contribution < -0.4 is 16.6 Å². The Kier molecular flexibility index (Phi) is 8.06. The van der Waals surface area contributed by atoms with Crippen LogP contribution in [0.25, 0.3) is 10.4 Å². The molecule has 1 aromatic carbocycles. The van der Waals surface area contributed by atoms with E-state index in [0.29, 0.717) is 5.56 Å². The summed E-state index contributed by atoms with van der Waals surface area (Å²) in [6, 6.07) is 7.34. The van der Waals surface area contributed by atoms with Crippen molar-refractivity contribution in [2.24, 2.45) is 5.11 Å². The van der Waals surface area contributed by atoms with Gasteiger partial charge in [-0.15, -0.1) is 0 Å². The van der Waals surface area contributed by atoms with Gasteiger partial charge in [0.1, 0.15) is 25.0 Å². The Morgan fingerprint density at radius 2 is 2.09 bits per heavy atom. The second-order valence-corrected chi connectivity index (χ2v) is 7.62. The SMILES string of the molecule is COC(=O)C(Cc1ccccc1)NC(=O)OC[C@@H]1O[C@H](n2cc(C)c(=O)[nH]c2=O)C[C@H]1N=[N+]=[N-]. The molecule has 2 N–H and O–H groups in total. The highest BCUT2D eigenvalue weighted by Gasteiger charge is 2.37. The Morgan fingerprint density at radius 3 is 2.76 bits per heavy atom. The lowest BCUT2D eigenvalue weighted by atomic mass is 10.1. The topological polar surface area (TPSA) is 177 Å². The zero-order valence-corrected chi connectivity index (χ0v) is 18.5. The quantitative estimate of drug-likeness (QED) is 0.252. The number of nitrogens with zero attached hydrogens (tertiary/aromatic N) is 4. The van der Waals surface area contributed by atoms with E-state index in [4.69, 9.17) is 19.7 Å². The first-order valence-corrected chi connectivity index (χ1v) is 10.4. The molecule has 13 heteroatoms. The molecule has 180 valence electrons. The summed E-state index contributed by atoms with van der Waals surface area (Å²) in [4.78, 5) is 53.2. The number of nitrogens with one attached hydrogen (secondary N) is 2. The summed E-state index contributed by atoms with van der Waals surface area (Å²) in [5.41, 5.74) is 8.79. The number of aryl methyl sites for hydroxylation is 1. The minimum atomic E-state index is -0.979. The van der Waals surface area contributed by atoms with Crippen LogP contribution in [0.15, 0.2) is 51.2 Å². The molecule has 0 bridgehead atoms. The van der Waals surface area contributed by atoms with Crippen LogP contribution in [-0.2, 0) is 25.4 Å². The van der Waals surface area contributed by atoms with Crippen molar-refractivity contribution in [3.05, 3.63) is 78.9 Å². The number of benzene rings is 1. The van der Waals surface area contributed by atoms with Crippen molar-refractivity contribution in [1.29, 1.82) is 0 Å². The fourth-order valence-electron chi connectivity index (χ4n) is 3.55. The lowest BCUT2D eigenvalue weighted by molar-refractivity contribution is -0.143. The standard InChI is InChI=1S/C21H24N6O7/c1-12-10-27(20(30)24-18(12)28)17-9-14(25-26-22)16(34-17)11-33-21(31)23-15(19(29)32-2)8-13-6-4-3-5-7-13/h3-7,10,14-17H,8-9,11H2,1-2H3,(H,23,31)(H,24,28,30)/t14-,15?,16+,17+/m1/s1. The predicted molar refractivity (Wildman–Crippen MR) is 118 cm³/mol. The van der Waals surface area contributed by atoms with Gasteiger partial charge in [-0.05, 0) is 18.0 Å². The number of aromatic amines is 1. The molecule has 0 spiro atoms.